The van der Waals surface area contributed by atoms with E-state index in [2.05, 4.69) is 9.97 Å². The van der Waals surface area contributed by atoms with E-state index in [4.69, 9.17) is 5.73 Å². The van der Waals surface area contributed by atoms with Crippen LogP contribution in [0, 0.1) is 5.92 Å². The average molecular weight is 209 g/mol. The van der Waals surface area contributed by atoms with Crippen LogP contribution in [0.3, 0.4) is 0 Å². The first kappa shape index (κ1) is 9.77. The van der Waals surface area contributed by atoms with Gasteiger partial charge in [0.15, 0.2) is 0 Å². The Bertz CT molecular complexity index is 297. The van der Waals surface area contributed by atoms with Crippen molar-refractivity contribution >= 4 is 17.6 Å². The van der Waals surface area contributed by atoms with Gasteiger partial charge in [-0.05, 0) is 18.8 Å². The highest BCUT2D eigenvalue weighted by atomic mass is 32.2. The minimum absolute atomic E-state index is 0.515. The largest absolute Gasteiger partial charge is 0.382 e. The Labute approximate surface area is 88.5 Å². The lowest BCUT2D eigenvalue weighted by molar-refractivity contribution is 0.623. The lowest BCUT2D eigenvalue weighted by atomic mass is 10.1. The van der Waals surface area contributed by atoms with Crippen LogP contribution in [0.15, 0.2) is 17.4 Å². The van der Waals surface area contributed by atoms with Crippen LogP contribution in [-0.4, -0.2) is 15.7 Å². The number of nitrogen functional groups attached to an aromatic ring is 1. The fourth-order valence-corrected chi connectivity index (χ4v) is 2.86. The van der Waals surface area contributed by atoms with E-state index in [0.29, 0.717) is 5.82 Å². The Balaban J connectivity index is 1.85. The topological polar surface area (TPSA) is 51.8 Å². The molecule has 4 heteroatoms. The molecule has 2 N–H and O–H groups in total. The zero-order valence-corrected chi connectivity index (χ0v) is 8.96. The van der Waals surface area contributed by atoms with E-state index < -0.39 is 0 Å². The van der Waals surface area contributed by atoms with Crippen molar-refractivity contribution in [3.63, 3.8) is 0 Å². The molecule has 76 valence electrons. The zero-order valence-electron chi connectivity index (χ0n) is 8.15. The molecule has 1 heterocycles. The van der Waals surface area contributed by atoms with Gasteiger partial charge in [0.1, 0.15) is 10.8 Å². The molecule has 1 saturated carbocycles. The Morgan fingerprint density at radius 1 is 1.36 bits per heavy atom. The lowest BCUT2D eigenvalue weighted by Crippen LogP contribution is -1.98. The molecule has 0 aromatic carbocycles. The van der Waals surface area contributed by atoms with Crippen LogP contribution in [-0.2, 0) is 0 Å². The first-order chi connectivity index (χ1) is 6.84. The highest BCUT2D eigenvalue weighted by Gasteiger charge is 2.15. The molecule has 0 aliphatic heterocycles. The molecule has 3 nitrogen and oxygen atoms in total. The molecule has 0 saturated heterocycles. The Kier molecular flexibility index (Phi) is 3.24. The number of rotatable bonds is 3. The number of anilines is 1. The monoisotopic (exact) mass is 209 g/mol. The molecule has 1 aliphatic carbocycles. The summed E-state index contributed by atoms with van der Waals surface area (Å²) < 4.78 is 0. The van der Waals surface area contributed by atoms with Gasteiger partial charge < -0.3 is 5.73 Å². The molecule has 0 radical (unpaired) electrons. The van der Waals surface area contributed by atoms with E-state index >= 15 is 0 Å². The van der Waals surface area contributed by atoms with Gasteiger partial charge >= 0.3 is 0 Å². The van der Waals surface area contributed by atoms with Crippen molar-refractivity contribution in [1.82, 2.24) is 9.97 Å². The number of aromatic nitrogens is 2. The van der Waals surface area contributed by atoms with E-state index in [1.54, 1.807) is 24.2 Å². The van der Waals surface area contributed by atoms with Crippen molar-refractivity contribution in [2.75, 3.05) is 11.5 Å². The third-order valence-corrected chi connectivity index (χ3v) is 3.70. The van der Waals surface area contributed by atoms with Crippen molar-refractivity contribution in [3.05, 3.63) is 12.4 Å². The third kappa shape index (κ3) is 2.61. The smallest absolute Gasteiger partial charge is 0.143 e. The van der Waals surface area contributed by atoms with E-state index in [0.717, 1.165) is 16.7 Å². The van der Waals surface area contributed by atoms with Crippen LogP contribution >= 0.6 is 11.8 Å². The van der Waals surface area contributed by atoms with Gasteiger partial charge in [-0.3, -0.25) is 4.98 Å². The first-order valence-corrected chi connectivity index (χ1v) is 6.03. The molecule has 1 fully saturated rings. The van der Waals surface area contributed by atoms with Crippen molar-refractivity contribution in [2.45, 2.75) is 30.7 Å². The fourth-order valence-electron chi connectivity index (χ4n) is 1.81. The van der Waals surface area contributed by atoms with Gasteiger partial charge in [0.2, 0.25) is 0 Å². The maximum atomic E-state index is 5.56. The minimum atomic E-state index is 0.515. The minimum Gasteiger partial charge on any atom is -0.382 e. The second-order valence-electron chi connectivity index (χ2n) is 3.74. The Morgan fingerprint density at radius 3 is 2.86 bits per heavy atom. The van der Waals surface area contributed by atoms with Gasteiger partial charge in [0.25, 0.3) is 0 Å². The predicted molar refractivity (Wildman–Crippen MR) is 59.1 cm³/mol. The van der Waals surface area contributed by atoms with Gasteiger partial charge in [-0.2, -0.15) is 0 Å². The third-order valence-electron chi connectivity index (χ3n) is 2.57. The number of hydrogen-bond acceptors (Lipinski definition) is 4. The van der Waals surface area contributed by atoms with Crippen LogP contribution in [0.5, 0.6) is 0 Å². The summed E-state index contributed by atoms with van der Waals surface area (Å²) in [4.78, 5) is 8.23. The number of nitrogens with zero attached hydrogens (tertiary/aromatic N) is 2. The summed E-state index contributed by atoms with van der Waals surface area (Å²) in [6.45, 7) is 0. The molecule has 0 bridgehead atoms. The highest BCUT2D eigenvalue weighted by molar-refractivity contribution is 7.99. The predicted octanol–water partition coefficient (Wildman–Crippen LogP) is 2.34. The molecule has 14 heavy (non-hydrogen) atoms. The first-order valence-electron chi connectivity index (χ1n) is 5.05. The Morgan fingerprint density at radius 2 is 2.14 bits per heavy atom. The summed E-state index contributed by atoms with van der Waals surface area (Å²) in [5.74, 6) is 2.56. The quantitative estimate of drug-likeness (QED) is 0.776. The lowest BCUT2D eigenvalue weighted by Gasteiger charge is -2.07. The molecule has 1 aromatic heterocycles. The molecule has 2 rings (SSSR count). The molecule has 0 spiro atoms. The molecule has 1 aliphatic rings. The standard InChI is InChI=1S/C10H15N3S/c11-9-5-12-6-10(13-9)14-7-8-3-1-2-4-8/h5-6,8H,1-4,7H2,(H2,11,13). The van der Waals surface area contributed by atoms with Crippen molar-refractivity contribution in [3.8, 4) is 0 Å². The number of hydrogen-bond donors (Lipinski definition) is 1. The molecule has 0 unspecified atom stereocenters. The summed E-state index contributed by atoms with van der Waals surface area (Å²) in [5, 5.41) is 0.955. The second kappa shape index (κ2) is 4.64. The van der Waals surface area contributed by atoms with E-state index in [-0.39, 0.29) is 0 Å². The summed E-state index contributed by atoms with van der Waals surface area (Å²) in [6.07, 6.45) is 8.92. The molecular weight excluding hydrogens is 194 g/mol. The summed E-state index contributed by atoms with van der Waals surface area (Å²) >= 11 is 1.78. The second-order valence-corrected chi connectivity index (χ2v) is 4.78. The maximum absolute atomic E-state index is 5.56. The van der Waals surface area contributed by atoms with Crippen molar-refractivity contribution in [2.24, 2.45) is 5.92 Å². The van der Waals surface area contributed by atoms with E-state index in [1.165, 1.54) is 25.7 Å². The Hall–Kier alpha value is -0.770. The van der Waals surface area contributed by atoms with Gasteiger partial charge in [-0.25, -0.2) is 4.98 Å². The number of nitrogens with two attached hydrogens (primary N) is 1. The average Bonchev–Trinajstić information content (AvgIpc) is 2.67. The molecular formula is C10H15N3S. The van der Waals surface area contributed by atoms with E-state index in [1.807, 2.05) is 0 Å². The van der Waals surface area contributed by atoms with Gasteiger partial charge in [0.05, 0.1) is 12.4 Å². The molecule has 1 aromatic rings. The van der Waals surface area contributed by atoms with Crippen LogP contribution < -0.4 is 5.73 Å². The van der Waals surface area contributed by atoms with Gasteiger partial charge in [-0.15, -0.1) is 11.8 Å². The normalized spacial score (nSPS) is 17.4. The molecule has 0 atom stereocenters. The number of thioether (sulfide) groups is 1. The van der Waals surface area contributed by atoms with Crippen molar-refractivity contribution in [1.29, 1.82) is 0 Å². The van der Waals surface area contributed by atoms with Gasteiger partial charge in [-0.1, -0.05) is 12.8 Å². The highest BCUT2D eigenvalue weighted by Crippen LogP contribution is 2.30. The van der Waals surface area contributed by atoms with E-state index in [9.17, 15) is 0 Å². The SMILES string of the molecule is Nc1cncc(SCC2CCCC2)n1. The molecule has 0 amide bonds. The summed E-state index contributed by atoms with van der Waals surface area (Å²) in [5.41, 5.74) is 5.56. The van der Waals surface area contributed by atoms with Gasteiger partial charge in [0, 0.05) is 5.75 Å². The fraction of sp³-hybridized carbons (Fsp3) is 0.600. The maximum Gasteiger partial charge on any atom is 0.143 e. The van der Waals surface area contributed by atoms with Crippen molar-refractivity contribution < 1.29 is 0 Å². The van der Waals surface area contributed by atoms with Crippen LogP contribution in [0.4, 0.5) is 5.82 Å². The summed E-state index contributed by atoms with van der Waals surface area (Å²) in [6, 6.07) is 0. The zero-order chi connectivity index (χ0) is 9.80. The van der Waals surface area contributed by atoms with Crippen LogP contribution in [0.25, 0.3) is 0 Å². The van der Waals surface area contributed by atoms with Crippen LogP contribution in [0.1, 0.15) is 25.7 Å². The van der Waals surface area contributed by atoms with Crippen LogP contribution in [0.2, 0.25) is 0 Å². The summed E-state index contributed by atoms with van der Waals surface area (Å²) in [7, 11) is 0.